The summed E-state index contributed by atoms with van der Waals surface area (Å²) in [6, 6.07) is 0. The molecule has 0 aliphatic heterocycles. The van der Waals surface area contributed by atoms with Gasteiger partial charge in [0.2, 0.25) is 0 Å². The summed E-state index contributed by atoms with van der Waals surface area (Å²) in [6.45, 7) is 7.87. The van der Waals surface area contributed by atoms with Crippen molar-refractivity contribution in [3.8, 4) is 24.7 Å². The van der Waals surface area contributed by atoms with Gasteiger partial charge in [-0.05, 0) is 42.2 Å². The Morgan fingerprint density at radius 3 is 1.73 bits per heavy atom. The monoisotopic (exact) mass is 194 g/mol. The summed E-state index contributed by atoms with van der Waals surface area (Å²) in [5.41, 5.74) is 4.04. The number of hydrogen-bond acceptors (Lipinski definition) is 0. The smallest absolute Gasteiger partial charge is 0.0208 e. The van der Waals surface area contributed by atoms with Crippen LogP contribution in [-0.2, 0) is 0 Å². The van der Waals surface area contributed by atoms with Gasteiger partial charge in [-0.3, -0.25) is 0 Å². The topological polar surface area (TPSA) is 0 Å². The van der Waals surface area contributed by atoms with Crippen LogP contribution in [0.5, 0.6) is 0 Å². The van der Waals surface area contributed by atoms with Gasteiger partial charge in [0, 0.05) is 11.1 Å². The molecule has 0 amide bonds. The van der Waals surface area contributed by atoms with Gasteiger partial charge in [0.25, 0.3) is 0 Å². The minimum atomic E-state index is 0.582. The second-order valence-electron chi connectivity index (χ2n) is 4.28. The van der Waals surface area contributed by atoms with E-state index in [4.69, 9.17) is 12.8 Å². The summed E-state index contributed by atoms with van der Waals surface area (Å²) < 4.78 is 0. The quantitative estimate of drug-likeness (QED) is 0.592. The first-order valence-corrected chi connectivity index (χ1v) is 5.24. The fraction of sp³-hybridized carbons (Fsp3) is 0.333. The Hall–Kier alpha value is -1.66. The summed E-state index contributed by atoms with van der Waals surface area (Å²) in [5.74, 6) is 6.44. The number of rotatable bonds is 2. The van der Waals surface area contributed by atoms with Crippen LogP contribution in [0.4, 0.5) is 0 Å². The normalized spacial score (nSPS) is 27.3. The van der Waals surface area contributed by atoms with Crippen molar-refractivity contribution in [1.82, 2.24) is 0 Å². The summed E-state index contributed by atoms with van der Waals surface area (Å²) in [7, 11) is 0. The molecule has 15 heavy (non-hydrogen) atoms. The van der Waals surface area contributed by atoms with Gasteiger partial charge in [-0.2, -0.15) is 0 Å². The number of hydrogen-bond donors (Lipinski definition) is 0. The van der Waals surface area contributed by atoms with Gasteiger partial charge in [0.1, 0.15) is 0 Å². The fourth-order valence-corrected chi connectivity index (χ4v) is 2.92. The Bertz CT molecular complexity index is 403. The van der Waals surface area contributed by atoms with Crippen LogP contribution in [0.25, 0.3) is 0 Å². The third kappa shape index (κ3) is 1.34. The molecule has 74 valence electrons. The first kappa shape index (κ1) is 9.88. The molecule has 0 radical (unpaired) electrons. The molecule has 2 rings (SSSR count). The molecular weight excluding hydrogens is 180 g/mol. The largest absolute Gasteiger partial charge is 0.115 e. The Morgan fingerprint density at radius 2 is 1.40 bits per heavy atom. The molecule has 2 aliphatic rings. The molecule has 0 aromatic heterocycles. The summed E-state index contributed by atoms with van der Waals surface area (Å²) >= 11 is 0. The third-order valence-corrected chi connectivity index (χ3v) is 3.54. The molecule has 0 aromatic rings. The molecule has 0 saturated heterocycles. The lowest BCUT2D eigenvalue weighted by atomic mass is 9.85. The number of allylic oxidation sites excluding steroid dienone is 4. The minimum Gasteiger partial charge on any atom is -0.115 e. The zero-order valence-corrected chi connectivity index (χ0v) is 8.84. The van der Waals surface area contributed by atoms with E-state index in [1.54, 1.807) is 0 Å². The lowest BCUT2D eigenvalue weighted by molar-refractivity contribution is 0.663. The highest BCUT2D eigenvalue weighted by Crippen LogP contribution is 2.52. The molecule has 0 N–H and O–H groups in total. The highest BCUT2D eigenvalue weighted by atomic mass is 14.4. The van der Waals surface area contributed by atoms with Crippen LogP contribution in [0.3, 0.4) is 0 Å². The highest BCUT2D eigenvalue weighted by molar-refractivity contribution is 5.59. The van der Waals surface area contributed by atoms with E-state index in [9.17, 15) is 0 Å². The average Bonchev–Trinajstić information content (AvgIpc) is 2.86. The van der Waals surface area contributed by atoms with Crippen molar-refractivity contribution in [2.75, 3.05) is 0 Å². The zero-order valence-electron chi connectivity index (χ0n) is 8.84. The maximum absolute atomic E-state index is 5.42. The van der Waals surface area contributed by atoms with Gasteiger partial charge in [-0.1, -0.05) is 25.0 Å². The standard InChI is InChI=1S/C15H14/c1-5-10(3)14-12-7-8-13(9-12)15(14)11(4)6-2/h1-2,12-13H,3-4,7-9H2. The molecular formula is C15H14. The van der Waals surface area contributed by atoms with E-state index in [2.05, 4.69) is 25.0 Å². The number of fused-ring (bicyclic) bond motifs is 2. The van der Waals surface area contributed by atoms with E-state index in [-0.39, 0.29) is 0 Å². The SMILES string of the molecule is C#CC(=C)C1=C(C(=C)C#C)C2CCC1C2. The Morgan fingerprint density at radius 1 is 1.00 bits per heavy atom. The summed E-state index contributed by atoms with van der Waals surface area (Å²) in [4.78, 5) is 0. The summed E-state index contributed by atoms with van der Waals surface area (Å²) in [6.07, 6.45) is 14.5. The van der Waals surface area contributed by atoms with Gasteiger partial charge in [0.15, 0.2) is 0 Å². The van der Waals surface area contributed by atoms with Crippen LogP contribution >= 0.6 is 0 Å². The van der Waals surface area contributed by atoms with Crippen molar-refractivity contribution in [1.29, 1.82) is 0 Å². The van der Waals surface area contributed by atoms with E-state index >= 15 is 0 Å². The van der Waals surface area contributed by atoms with E-state index in [1.165, 1.54) is 30.4 Å². The molecule has 2 aliphatic carbocycles. The van der Waals surface area contributed by atoms with Gasteiger partial charge in [-0.15, -0.1) is 12.8 Å². The zero-order chi connectivity index (χ0) is 11.0. The fourth-order valence-electron chi connectivity index (χ4n) is 2.92. The van der Waals surface area contributed by atoms with Crippen LogP contribution < -0.4 is 0 Å². The van der Waals surface area contributed by atoms with Crippen molar-refractivity contribution < 1.29 is 0 Å². The van der Waals surface area contributed by atoms with Crippen molar-refractivity contribution in [2.45, 2.75) is 19.3 Å². The van der Waals surface area contributed by atoms with Crippen molar-refractivity contribution in [2.24, 2.45) is 11.8 Å². The first-order valence-electron chi connectivity index (χ1n) is 5.24. The highest BCUT2D eigenvalue weighted by Gasteiger charge is 2.40. The molecule has 0 heterocycles. The average molecular weight is 194 g/mol. The van der Waals surface area contributed by atoms with Crippen LogP contribution in [0.2, 0.25) is 0 Å². The molecule has 0 heteroatoms. The van der Waals surface area contributed by atoms with Crippen LogP contribution in [0.15, 0.2) is 35.5 Å². The Labute approximate surface area is 91.8 Å². The van der Waals surface area contributed by atoms with E-state index in [0.29, 0.717) is 11.8 Å². The van der Waals surface area contributed by atoms with Crippen molar-refractivity contribution >= 4 is 0 Å². The lowest BCUT2D eigenvalue weighted by Gasteiger charge is -2.19. The van der Waals surface area contributed by atoms with Crippen LogP contribution in [0, 0.1) is 36.5 Å². The van der Waals surface area contributed by atoms with Gasteiger partial charge >= 0.3 is 0 Å². The maximum atomic E-state index is 5.42. The van der Waals surface area contributed by atoms with Crippen LogP contribution in [0.1, 0.15) is 19.3 Å². The molecule has 2 unspecified atom stereocenters. The van der Waals surface area contributed by atoms with Gasteiger partial charge < -0.3 is 0 Å². The third-order valence-electron chi connectivity index (χ3n) is 3.54. The second-order valence-corrected chi connectivity index (χ2v) is 4.28. The molecule has 0 nitrogen and oxygen atoms in total. The second kappa shape index (κ2) is 3.48. The van der Waals surface area contributed by atoms with E-state index in [0.717, 1.165) is 11.1 Å². The molecule has 0 aromatic carbocycles. The van der Waals surface area contributed by atoms with Gasteiger partial charge in [-0.25, -0.2) is 0 Å². The molecule has 1 saturated carbocycles. The lowest BCUT2D eigenvalue weighted by Crippen LogP contribution is -2.05. The maximum Gasteiger partial charge on any atom is 0.0208 e. The molecule has 2 bridgehead atoms. The van der Waals surface area contributed by atoms with E-state index in [1.807, 2.05) is 0 Å². The first-order chi connectivity index (χ1) is 7.19. The predicted molar refractivity (Wildman–Crippen MR) is 63.8 cm³/mol. The van der Waals surface area contributed by atoms with Crippen LogP contribution in [-0.4, -0.2) is 0 Å². The Kier molecular flexibility index (Phi) is 2.29. The van der Waals surface area contributed by atoms with Crippen molar-refractivity contribution in [3.05, 3.63) is 35.5 Å². The number of terminal acetylenes is 2. The molecule has 1 fully saturated rings. The Balaban J connectivity index is 2.50. The summed E-state index contributed by atoms with van der Waals surface area (Å²) in [5, 5.41) is 0. The van der Waals surface area contributed by atoms with Crippen molar-refractivity contribution in [3.63, 3.8) is 0 Å². The minimum absolute atomic E-state index is 0.582. The van der Waals surface area contributed by atoms with Gasteiger partial charge in [0.05, 0.1) is 0 Å². The predicted octanol–water partition coefficient (Wildman–Crippen LogP) is 3.09. The molecule has 2 atom stereocenters. The van der Waals surface area contributed by atoms with E-state index < -0.39 is 0 Å². The molecule has 0 spiro atoms.